The topological polar surface area (TPSA) is 116 Å². The molecule has 1 amide bonds. The Morgan fingerprint density at radius 3 is 2.80 bits per heavy atom. The van der Waals surface area contributed by atoms with Crippen molar-refractivity contribution in [1.29, 1.82) is 0 Å². The third-order valence-corrected chi connectivity index (χ3v) is 6.90. The molecule has 35 heavy (non-hydrogen) atoms. The number of anilines is 1. The Balaban J connectivity index is 1.40. The first-order valence-corrected chi connectivity index (χ1v) is 12.5. The molecule has 178 valence electrons. The van der Waals surface area contributed by atoms with Gasteiger partial charge in [-0.3, -0.25) is 19.5 Å². The number of non-ortho nitro benzene ring substituents is 1. The molecule has 0 saturated carbocycles. The standard InChI is InChI=1S/C23H19ClN6O3S2/c1-2-10-29-21(16-4-3-5-18(12-16)30(32)33)27-28-23(29)34-14-20(31)26-22-25-13-19(35-22)11-15-6-8-17(24)9-7-15/h2-9,12-13H,1,10-11,14H2,(H,25,26,31). The van der Waals surface area contributed by atoms with Crippen molar-refractivity contribution in [2.75, 3.05) is 11.1 Å². The van der Waals surface area contributed by atoms with Crippen molar-refractivity contribution in [3.63, 3.8) is 0 Å². The number of carbonyl (C=O) groups excluding carboxylic acids is 1. The van der Waals surface area contributed by atoms with Crippen LogP contribution < -0.4 is 5.32 Å². The summed E-state index contributed by atoms with van der Waals surface area (Å²) in [5.74, 6) is 0.326. The van der Waals surface area contributed by atoms with Crippen molar-refractivity contribution in [2.45, 2.75) is 18.1 Å². The fraction of sp³-hybridized carbons (Fsp3) is 0.130. The zero-order valence-electron chi connectivity index (χ0n) is 18.3. The highest BCUT2D eigenvalue weighted by Gasteiger charge is 2.17. The van der Waals surface area contributed by atoms with Gasteiger partial charge in [0.15, 0.2) is 16.1 Å². The van der Waals surface area contributed by atoms with Crippen LogP contribution in [0.3, 0.4) is 0 Å². The number of carbonyl (C=O) groups is 1. The number of benzene rings is 2. The monoisotopic (exact) mass is 526 g/mol. The summed E-state index contributed by atoms with van der Waals surface area (Å²) in [6, 6.07) is 13.8. The number of nitro groups is 1. The molecule has 4 aromatic rings. The van der Waals surface area contributed by atoms with Gasteiger partial charge < -0.3 is 5.32 Å². The minimum atomic E-state index is -0.461. The molecular weight excluding hydrogens is 508 g/mol. The normalized spacial score (nSPS) is 10.8. The van der Waals surface area contributed by atoms with E-state index in [9.17, 15) is 14.9 Å². The van der Waals surface area contributed by atoms with Crippen LogP contribution in [0.4, 0.5) is 10.8 Å². The van der Waals surface area contributed by atoms with Crippen molar-refractivity contribution >= 4 is 51.4 Å². The minimum absolute atomic E-state index is 0.0388. The van der Waals surface area contributed by atoms with Gasteiger partial charge in [0.05, 0.1) is 10.7 Å². The van der Waals surface area contributed by atoms with Gasteiger partial charge >= 0.3 is 0 Å². The number of aromatic nitrogens is 4. The predicted octanol–water partition coefficient (Wildman–Crippen LogP) is 5.47. The van der Waals surface area contributed by atoms with Gasteiger partial charge in [0.25, 0.3) is 5.69 Å². The number of rotatable bonds is 10. The Bertz CT molecular complexity index is 1370. The Hall–Kier alpha value is -3.54. The number of thioether (sulfide) groups is 1. The summed E-state index contributed by atoms with van der Waals surface area (Å²) in [6.45, 7) is 4.14. The zero-order valence-corrected chi connectivity index (χ0v) is 20.6. The van der Waals surface area contributed by atoms with Crippen molar-refractivity contribution in [3.8, 4) is 11.4 Å². The highest BCUT2D eigenvalue weighted by atomic mass is 35.5. The van der Waals surface area contributed by atoms with Crippen molar-refractivity contribution in [2.24, 2.45) is 0 Å². The lowest BCUT2D eigenvalue weighted by atomic mass is 10.1. The maximum absolute atomic E-state index is 12.5. The summed E-state index contributed by atoms with van der Waals surface area (Å²) in [4.78, 5) is 28.5. The average Bonchev–Trinajstić information content (AvgIpc) is 3.46. The van der Waals surface area contributed by atoms with Gasteiger partial charge in [-0.15, -0.1) is 28.1 Å². The van der Waals surface area contributed by atoms with Gasteiger partial charge in [-0.2, -0.15) is 0 Å². The lowest BCUT2D eigenvalue weighted by molar-refractivity contribution is -0.384. The van der Waals surface area contributed by atoms with Gasteiger partial charge in [-0.05, 0) is 17.7 Å². The van der Waals surface area contributed by atoms with Crippen molar-refractivity contribution < 1.29 is 9.72 Å². The van der Waals surface area contributed by atoms with Crippen LogP contribution in [0.5, 0.6) is 0 Å². The average molecular weight is 527 g/mol. The fourth-order valence-electron chi connectivity index (χ4n) is 3.20. The molecule has 2 aromatic carbocycles. The van der Waals surface area contributed by atoms with E-state index < -0.39 is 4.92 Å². The second-order valence-corrected chi connectivity index (χ2v) is 9.78. The molecule has 0 unspecified atom stereocenters. The van der Waals surface area contributed by atoms with E-state index in [1.807, 2.05) is 24.3 Å². The first-order chi connectivity index (χ1) is 16.9. The van der Waals surface area contributed by atoms with Crippen LogP contribution in [0.1, 0.15) is 10.4 Å². The molecule has 2 heterocycles. The van der Waals surface area contributed by atoms with Gasteiger partial charge in [0.2, 0.25) is 5.91 Å². The third-order valence-electron chi connectivity index (χ3n) is 4.77. The third kappa shape index (κ3) is 6.32. The molecule has 0 aliphatic carbocycles. The molecule has 0 spiro atoms. The fourth-order valence-corrected chi connectivity index (χ4v) is 4.93. The molecule has 0 atom stereocenters. The van der Waals surface area contributed by atoms with Crippen LogP contribution in [0.2, 0.25) is 5.02 Å². The molecule has 9 nitrogen and oxygen atoms in total. The van der Waals surface area contributed by atoms with E-state index in [1.54, 1.807) is 29.0 Å². The second kappa shape index (κ2) is 11.3. The number of nitrogens with one attached hydrogen (secondary N) is 1. The minimum Gasteiger partial charge on any atom is -0.301 e. The molecule has 0 bridgehead atoms. The van der Waals surface area contributed by atoms with E-state index in [4.69, 9.17) is 11.6 Å². The smallest absolute Gasteiger partial charge is 0.270 e. The van der Waals surface area contributed by atoms with E-state index in [0.717, 1.165) is 10.4 Å². The molecular formula is C23H19ClN6O3S2. The SMILES string of the molecule is C=CCn1c(SCC(=O)Nc2ncc(Cc3ccc(Cl)cc3)s2)nnc1-c1cccc([N+](=O)[O-])c1. The highest BCUT2D eigenvalue weighted by molar-refractivity contribution is 7.99. The lowest BCUT2D eigenvalue weighted by Gasteiger charge is -2.07. The van der Waals surface area contributed by atoms with Crippen molar-refractivity contribution in [1.82, 2.24) is 19.7 Å². The molecule has 0 radical (unpaired) electrons. The quantitative estimate of drug-likeness (QED) is 0.126. The van der Waals surface area contributed by atoms with Crippen LogP contribution in [0, 0.1) is 10.1 Å². The molecule has 0 aliphatic heterocycles. The number of hydrogen-bond donors (Lipinski definition) is 1. The van der Waals surface area contributed by atoms with Crippen LogP contribution in [-0.4, -0.2) is 36.3 Å². The maximum Gasteiger partial charge on any atom is 0.270 e. The number of amides is 1. The maximum atomic E-state index is 12.5. The van der Waals surface area contributed by atoms with Crippen LogP contribution in [-0.2, 0) is 17.8 Å². The van der Waals surface area contributed by atoms with Gasteiger partial charge in [-0.25, -0.2) is 4.98 Å². The number of nitro benzene ring substituents is 1. The summed E-state index contributed by atoms with van der Waals surface area (Å²) in [7, 11) is 0. The summed E-state index contributed by atoms with van der Waals surface area (Å²) in [5.41, 5.74) is 1.62. The van der Waals surface area contributed by atoms with E-state index in [2.05, 4.69) is 27.1 Å². The van der Waals surface area contributed by atoms with Crippen LogP contribution >= 0.6 is 34.7 Å². The summed E-state index contributed by atoms with van der Waals surface area (Å²) < 4.78 is 1.76. The highest BCUT2D eigenvalue weighted by Crippen LogP contribution is 2.27. The Morgan fingerprint density at radius 2 is 2.06 bits per heavy atom. The van der Waals surface area contributed by atoms with E-state index in [-0.39, 0.29) is 17.3 Å². The Kier molecular flexibility index (Phi) is 7.91. The van der Waals surface area contributed by atoms with E-state index in [1.165, 1.54) is 35.2 Å². The number of hydrogen-bond acceptors (Lipinski definition) is 8. The van der Waals surface area contributed by atoms with Crippen molar-refractivity contribution in [3.05, 3.63) is 93.0 Å². The first-order valence-electron chi connectivity index (χ1n) is 10.3. The number of allylic oxidation sites excluding steroid dienone is 1. The van der Waals surface area contributed by atoms with Crippen LogP contribution in [0.25, 0.3) is 11.4 Å². The van der Waals surface area contributed by atoms with E-state index >= 15 is 0 Å². The van der Waals surface area contributed by atoms with Crippen LogP contribution in [0.15, 0.2) is 72.5 Å². The molecule has 1 N–H and O–H groups in total. The summed E-state index contributed by atoms with van der Waals surface area (Å²) in [5, 5.41) is 24.0. The van der Waals surface area contributed by atoms with Gasteiger partial charge in [0, 0.05) is 46.8 Å². The predicted molar refractivity (Wildman–Crippen MR) is 138 cm³/mol. The molecule has 12 heteroatoms. The zero-order chi connectivity index (χ0) is 24.8. The molecule has 0 fully saturated rings. The Morgan fingerprint density at radius 1 is 1.26 bits per heavy atom. The van der Waals surface area contributed by atoms with Gasteiger partial charge in [0.1, 0.15) is 0 Å². The lowest BCUT2D eigenvalue weighted by Crippen LogP contribution is -2.14. The summed E-state index contributed by atoms with van der Waals surface area (Å²) >= 11 is 8.55. The number of halogens is 1. The molecule has 0 saturated heterocycles. The molecule has 0 aliphatic rings. The molecule has 2 aromatic heterocycles. The largest absolute Gasteiger partial charge is 0.301 e. The second-order valence-electron chi connectivity index (χ2n) is 7.28. The molecule has 4 rings (SSSR count). The van der Waals surface area contributed by atoms with Gasteiger partial charge in [-0.1, -0.05) is 53.7 Å². The number of thiazole rings is 1. The first kappa shape index (κ1) is 24.6. The van der Waals surface area contributed by atoms with E-state index in [0.29, 0.717) is 39.7 Å². The summed E-state index contributed by atoms with van der Waals surface area (Å²) in [6.07, 6.45) is 4.12. The number of nitrogens with zero attached hydrogens (tertiary/aromatic N) is 5. The Labute approximate surface area is 214 Å².